The summed E-state index contributed by atoms with van der Waals surface area (Å²) in [5, 5.41) is 13.0. The third-order valence-corrected chi connectivity index (χ3v) is 6.61. The number of anilines is 3. The highest BCUT2D eigenvalue weighted by atomic mass is 19.1. The molecule has 3 aromatic heterocycles. The van der Waals surface area contributed by atoms with Crippen molar-refractivity contribution in [2.45, 2.75) is 56.5 Å². The van der Waals surface area contributed by atoms with Gasteiger partial charge in [-0.2, -0.15) is 9.61 Å². The Balaban J connectivity index is 1.43. The summed E-state index contributed by atoms with van der Waals surface area (Å²) in [6, 6.07) is 4.92. The maximum Gasteiger partial charge on any atom is 0.274 e. The van der Waals surface area contributed by atoms with E-state index >= 15 is 0 Å². The number of nitrogens with one attached hydrogen (secondary N) is 3. The number of carbonyl (C=O) groups is 1. The number of rotatable bonds is 7. The largest absolute Gasteiger partial charge is 0.381 e. The summed E-state index contributed by atoms with van der Waals surface area (Å²) in [6.07, 6.45) is 6.39. The van der Waals surface area contributed by atoms with Crippen LogP contribution >= 0.6 is 0 Å². The van der Waals surface area contributed by atoms with Crippen molar-refractivity contribution < 1.29 is 13.9 Å². The van der Waals surface area contributed by atoms with Gasteiger partial charge in [0.2, 0.25) is 0 Å². The van der Waals surface area contributed by atoms with Crippen molar-refractivity contribution in [1.82, 2.24) is 24.5 Å². The smallest absolute Gasteiger partial charge is 0.274 e. The second kappa shape index (κ2) is 9.05. The van der Waals surface area contributed by atoms with Crippen LogP contribution in [0.1, 0.15) is 48.5 Å². The van der Waals surface area contributed by atoms with Gasteiger partial charge in [-0.15, -0.1) is 0 Å². The molecule has 0 aliphatic heterocycles. The van der Waals surface area contributed by atoms with Crippen LogP contribution in [0.3, 0.4) is 0 Å². The first-order chi connectivity index (χ1) is 16.5. The standard InChI is InChI=1S/C23H28FN7O3/c1-25-20-11-19(29-21-15(12-26-31(20)21)22(32)28-18-10-16(18)24)27-17-4-3-9-30(23(17)33)13-5-7-14(34-2)8-6-13/h3-4,9,11-14,16,18,25H,5-8,10H2,1-2H3,(H,27,29)(H,28,32)/t13-,14-,16-,18+/m1/s1. The minimum Gasteiger partial charge on any atom is -0.381 e. The number of aromatic nitrogens is 4. The predicted octanol–water partition coefficient (Wildman–Crippen LogP) is 2.65. The van der Waals surface area contributed by atoms with Gasteiger partial charge in [-0.1, -0.05) is 0 Å². The van der Waals surface area contributed by atoms with Crippen LogP contribution in [0.25, 0.3) is 5.65 Å². The number of amides is 1. The number of halogens is 1. The van der Waals surface area contributed by atoms with Crippen molar-refractivity contribution in [1.29, 1.82) is 0 Å². The fourth-order valence-corrected chi connectivity index (χ4v) is 4.51. The van der Waals surface area contributed by atoms with Crippen molar-refractivity contribution in [3.63, 3.8) is 0 Å². The van der Waals surface area contributed by atoms with Gasteiger partial charge in [-0.3, -0.25) is 9.59 Å². The van der Waals surface area contributed by atoms with E-state index in [1.54, 1.807) is 30.9 Å². The predicted molar refractivity (Wildman–Crippen MR) is 126 cm³/mol. The molecular formula is C23H28FN7O3. The molecule has 0 bridgehead atoms. The van der Waals surface area contributed by atoms with E-state index in [4.69, 9.17) is 4.74 Å². The Morgan fingerprint density at radius 3 is 2.71 bits per heavy atom. The van der Waals surface area contributed by atoms with E-state index in [1.807, 2.05) is 12.3 Å². The third-order valence-electron chi connectivity index (χ3n) is 6.61. The molecule has 0 radical (unpaired) electrons. The number of pyridine rings is 1. The van der Waals surface area contributed by atoms with E-state index in [2.05, 4.69) is 26.0 Å². The molecule has 1 amide bonds. The van der Waals surface area contributed by atoms with E-state index in [-0.39, 0.29) is 23.3 Å². The van der Waals surface area contributed by atoms with E-state index in [0.29, 0.717) is 29.4 Å². The van der Waals surface area contributed by atoms with Gasteiger partial charge in [0.25, 0.3) is 11.5 Å². The first-order valence-corrected chi connectivity index (χ1v) is 11.5. The Kier molecular flexibility index (Phi) is 5.94. The SMILES string of the molecule is CNc1cc(Nc2cccn([C@H]3CC[C@H](OC)CC3)c2=O)nc2c(C(=O)N[C@H]3C[C@H]3F)cnn12. The Morgan fingerprint density at radius 2 is 2.03 bits per heavy atom. The highest BCUT2D eigenvalue weighted by Crippen LogP contribution is 2.29. The normalized spacial score (nSPS) is 24.1. The van der Waals surface area contributed by atoms with Gasteiger partial charge < -0.3 is 25.3 Å². The zero-order chi connectivity index (χ0) is 23.8. The van der Waals surface area contributed by atoms with Crippen molar-refractivity contribution >= 4 is 28.9 Å². The number of hydrogen-bond donors (Lipinski definition) is 3. The Bertz CT molecular complexity index is 1270. The second-order valence-electron chi connectivity index (χ2n) is 8.83. The molecule has 0 saturated heterocycles. The van der Waals surface area contributed by atoms with E-state index < -0.39 is 18.1 Å². The van der Waals surface area contributed by atoms with Gasteiger partial charge in [0.1, 0.15) is 29.1 Å². The van der Waals surface area contributed by atoms with Crippen LogP contribution in [0.2, 0.25) is 0 Å². The fraction of sp³-hybridized carbons (Fsp3) is 0.478. The van der Waals surface area contributed by atoms with Crippen molar-refractivity contribution in [3.8, 4) is 0 Å². The summed E-state index contributed by atoms with van der Waals surface area (Å²) < 4.78 is 22.0. The highest BCUT2D eigenvalue weighted by Gasteiger charge is 2.39. The number of carbonyl (C=O) groups excluding carboxylic acids is 1. The zero-order valence-corrected chi connectivity index (χ0v) is 19.1. The second-order valence-corrected chi connectivity index (χ2v) is 8.83. The third kappa shape index (κ3) is 4.23. The van der Waals surface area contributed by atoms with Gasteiger partial charge in [0.15, 0.2) is 5.65 Å². The monoisotopic (exact) mass is 469 g/mol. The first kappa shape index (κ1) is 22.3. The maximum atomic E-state index is 13.2. The Hall–Kier alpha value is -3.47. The van der Waals surface area contributed by atoms with Gasteiger partial charge in [-0.25, -0.2) is 9.37 Å². The number of methoxy groups -OCH3 is 1. The lowest BCUT2D eigenvalue weighted by Gasteiger charge is -2.29. The van der Waals surface area contributed by atoms with Crippen LogP contribution in [0, 0.1) is 0 Å². The van der Waals surface area contributed by atoms with Gasteiger partial charge in [-0.05, 0) is 37.8 Å². The molecule has 10 nitrogen and oxygen atoms in total. The van der Waals surface area contributed by atoms with Gasteiger partial charge in [0.05, 0.1) is 18.3 Å². The van der Waals surface area contributed by atoms with Crippen LogP contribution in [0.5, 0.6) is 0 Å². The molecule has 11 heteroatoms. The molecule has 2 aliphatic carbocycles. The van der Waals surface area contributed by atoms with Crippen molar-refractivity contribution in [3.05, 3.63) is 46.5 Å². The molecule has 2 saturated carbocycles. The molecular weight excluding hydrogens is 441 g/mol. The van der Waals surface area contributed by atoms with Crippen molar-refractivity contribution in [2.24, 2.45) is 0 Å². The van der Waals surface area contributed by atoms with E-state index in [1.165, 1.54) is 10.7 Å². The minimum atomic E-state index is -1.01. The number of hydrogen-bond acceptors (Lipinski definition) is 7. The number of ether oxygens (including phenoxy) is 1. The first-order valence-electron chi connectivity index (χ1n) is 11.5. The molecule has 0 unspecified atom stereocenters. The van der Waals surface area contributed by atoms with Gasteiger partial charge >= 0.3 is 0 Å². The van der Waals surface area contributed by atoms with E-state index in [9.17, 15) is 14.0 Å². The molecule has 3 N–H and O–H groups in total. The van der Waals surface area contributed by atoms with Crippen LogP contribution in [-0.4, -0.2) is 57.5 Å². The lowest BCUT2D eigenvalue weighted by atomic mass is 9.92. The van der Waals surface area contributed by atoms with Crippen LogP contribution in [0.15, 0.2) is 35.4 Å². The fourth-order valence-electron chi connectivity index (χ4n) is 4.51. The molecule has 2 fully saturated rings. The lowest BCUT2D eigenvalue weighted by Crippen LogP contribution is -2.30. The van der Waals surface area contributed by atoms with Gasteiger partial charge in [0, 0.05) is 38.9 Å². The minimum absolute atomic E-state index is 0.121. The topological polar surface area (TPSA) is 115 Å². The summed E-state index contributed by atoms with van der Waals surface area (Å²) in [5.41, 5.74) is 0.793. The van der Waals surface area contributed by atoms with E-state index in [0.717, 1.165) is 25.7 Å². The quantitative estimate of drug-likeness (QED) is 0.487. The van der Waals surface area contributed by atoms with Crippen LogP contribution in [0.4, 0.5) is 21.7 Å². The molecule has 3 aromatic rings. The molecule has 2 aliphatic rings. The highest BCUT2D eigenvalue weighted by molar-refractivity contribution is 6.00. The number of alkyl halides is 1. The molecule has 2 atom stereocenters. The zero-order valence-electron chi connectivity index (χ0n) is 19.1. The number of nitrogens with zero attached hydrogens (tertiary/aromatic N) is 4. The Labute approximate surface area is 195 Å². The summed E-state index contributed by atoms with van der Waals surface area (Å²) in [4.78, 5) is 30.4. The summed E-state index contributed by atoms with van der Waals surface area (Å²) in [7, 11) is 3.45. The van der Waals surface area contributed by atoms with Crippen LogP contribution in [-0.2, 0) is 4.74 Å². The molecule has 0 spiro atoms. The molecule has 34 heavy (non-hydrogen) atoms. The average Bonchev–Trinajstić information content (AvgIpc) is 3.36. The lowest BCUT2D eigenvalue weighted by molar-refractivity contribution is 0.0580. The Morgan fingerprint density at radius 1 is 1.26 bits per heavy atom. The molecule has 5 rings (SSSR count). The summed E-state index contributed by atoms with van der Waals surface area (Å²) >= 11 is 0. The molecule has 3 heterocycles. The maximum absolute atomic E-state index is 13.2. The average molecular weight is 470 g/mol. The molecule has 0 aromatic carbocycles. The van der Waals surface area contributed by atoms with Crippen LogP contribution < -0.4 is 21.5 Å². The molecule has 180 valence electrons. The number of fused-ring (bicyclic) bond motifs is 1. The summed E-state index contributed by atoms with van der Waals surface area (Å²) in [6.45, 7) is 0. The van der Waals surface area contributed by atoms with Crippen molar-refractivity contribution in [2.75, 3.05) is 24.8 Å². The summed E-state index contributed by atoms with van der Waals surface area (Å²) in [5.74, 6) is 0.537.